The Kier molecular flexibility index (Phi) is 5.19. The van der Waals surface area contributed by atoms with E-state index in [0.717, 1.165) is 24.4 Å². The minimum atomic E-state index is -0.150. The Morgan fingerprint density at radius 2 is 2.20 bits per heavy atom. The van der Waals surface area contributed by atoms with Gasteiger partial charge >= 0.3 is 0 Å². The lowest BCUT2D eigenvalue weighted by atomic mass is 9.79. The first-order valence-electron chi connectivity index (χ1n) is 8.43. The van der Waals surface area contributed by atoms with Crippen LogP contribution in [0.25, 0.3) is 0 Å². The largest absolute Gasteiger partial charge is 0.466 e. The molecule has 0 bridgehead atoms. The highest BCUT2D eigenvalue weighted by atomic mass is 16.5. The zero-order valence-electron chi connectivity index (χ0n) is 14.8. The highest BCUT2D eigenvalue weighted by molar-refractivity contribution is 5.95. The highest BCUT2D eigenvalue weighted by Gasteiger charge is 2.35. The van der Waals surface area contributed by atoms with Gasteiger partial charge in [0, 0.05) is 25.6 Å². The van der Waals surface area contributed by atoms with E-state index in [1.165, 1.54) is 0 Å². The molecule has 0 unspecified atom stereocenters. The third kappa shape index (κ3) is 3.59. The van der Waals surface area contributed by atoms with Crippen molar-refractivity contribution in [3.8, 4) is 0 Å². The number of aromatic nitrogens is 3. The summed E-state index contributed by atoms with van der Waals surface area (Å²) < 4.78 is 12.4. The standard InChI is InChI=1S/C17H24N4O4/c1-10-6-14(11(2)25-10)17(23)18-13-7-12(8-13)16-20-19-15(9-22)21(16)4-5-24-3/h6,12-13,22H,4-5,7-9H2,1-3H3,(H,18,23). The van der Waals surface area contributed by atoms with Gasteiger partial charge in [0.05, 0.1) is 12.2 Å². The number of aryl methyl sites for hydroxylation is 2. The second kappa shape index (κ2) is 7.37. The third-order valence-electron chi connectivity index (χ3n) is 4.64. The maximum Gasteiger partial charge on any atom is 0.255 e. The fourth-order valence-corrected chi connectivity index (χ4v) is 3.26. The lowest BCUT2D eigenvalue weighted by Gasteiger charge is -2.35. The SMILES string of the molecule is COCCn1c(CO)nnc1C1CC(NC(=O)c2cc(C)oc2C)C1. The number of hydrogen-bond donors (Lipinski definition) is 2. The molecule has 2 aromatic rings. The van der Waals surface area contributed by atoms with Crippen LogP contribution in [0, 0.1) is 13.8 Å². The number of hydrogen-bond acceptors (Lipinski definition) is 6. The first-order valence-corrected chi connectivity index (χ1v) is 8.43. The molecule has 0 atom stereocenters. The molecule has 0 spiro atoms. The molecule has 1 saturated carbocycles. The van der Waals surface area contributed by atoms with Crippen molar-refractivity contribution in [1.82, 2.24) is 20.1 Å². The summed E-state index contributed by atoms with van der Waals surface area (Å²) in [6.45, 7) is 4.61. The van der Waals surface area contributed by atoms with E-state index in [0.29, 0.717) is 30.3 Å². The van der Waals surface area contributed by atoms with Gasteiger partial charge in [-0.15, -0.1) is 10.2 Å². The first kappa shape index (κ1) is 17.6. The van der Waals surface area contributed by atoms with Crippen LogP contribution in [0.15, 0.2) is 10.5 Å². The number of aliphatic hydroxyl groups is 1. The van der Waals surface area contributed by atoms with Gasteiger partial charge in [-0.05, 0) is 32.8 Å². The Bertz CT molecular complexity index is 746. The molecule has 2 N–H and O–H groups in total. The van der Waals surface area contributed by atoms with Gasteiger partial charge in [-0.1, -0.05) is 0 Å². The Balaban J connectivity index is 1.60. The third-order valence-corrected chi connectivity index (χ3v) is 4.64. The van der Waals surface area contributed by atoms with E-state index in [2.05, 4.69) is 15.5 Å². The lowest BCUT2D eigenvalue weighted by Crippen LogP contribution is -2.44. The summed E-state index contributed by atoms with van der Waals surface area (Å²) in [6, 6.07) is 1.87. The molecule has 8 heteroatoms. The molecule has 3 rings (SSSR count). The molecule has 1 fully saturated rings. The number of amides is 1. The summed E-state index contributed by atoms with van der Waals surface area (Å²) in [5.74, 6) is 2.89. The van der Waals surface area contributed by atoms with Crippen molar-refractivity contribution in [3.05, 3.63) is 34.8 Å². The Morgan fingerprint density at radius 3 is 2.80 bits per heavy atom. The van der Waals surface area contributed by atoms with Gasteiger partial charge in [0.1, 0.15) is 24.0 Å². The summed E-state index contributed by atoms with van der Waals surface area (Å²) >= 11 is 0. The van der Waals surface area contributed by atoms with Crippen molar-refractivity contribution in [1.29, 1.82) is 0 Å². The van der Waals surface area contributed by atoms with Crippen LogP contribution >= 0.6 is 0 Å². The second-order valence-electron chi connectivity index (χ2n) is 6.44. The van der Waals surface area contributed by atoms with Gasteiger partial charge < -0.3 is 24.1 Å². The number of methoxy groups -OCH3 is 1. The highest BCUT2D eigenvalue weighted by Crippen LogP contribution is 2.36. The molecule has 2 aromatic heterocycles. The van der Waals surface area contributed by atoms with E-state index in [1.54, 1.807) is 20.1 Å². The summed E-state index contributed by atoms with van der Waals surface area (Å²) in [5.41, 5.74) is 0.590. The Labute approximate surface area is 146 Å². The number of nitrogens with one attached hydrogen (secondary N) is 1. The number of rotatable bonds is 7. The fourth-order valence-electron chi connectivity index (χ4n) is 3.26. The molecular weight excluding hydrogens is 324 g/mol. The second-order valence-corrected chi connectivity index (χ2v) is 6.44. The molecule has 1 aliphatic carbocycles. The average Bonchev–Trinajstić information content (AvgIpc) is 3.10. The van der Waals surface area contributed by atoms with Crippen LogP contribution in [0.5, 0.6) is 0 Å². The molecule has 0 aliphatic heterocycles. The minimum absolute atomic E-state index is 0.102. The number of furan rings is 1. The van der Waals surface area contributed by atoms with Gasteiger partial charge in [-0.2, -0.15) is 0 Å². The molecule has 1 aliphatic rings. The average molecular weight is 348 g/mol. The smallest absolute Gasteiger partial charge is 0.255 e. The van der Waals surface area contributed by atoms with Crippen molar-refractivity contribution < 1.29 is 19.1 Å². The summed E-state index contributed by atoms with van der Waals surface area (Å²) in [5, 5.41) is 20.7. The van der Waals surface area contributed by atoms with Crippen LogP contribution in [-0.2, 0) is 17.9 Å². The van der Waals surface area contributed by atoms with E-state index in [-0.39, 0.29) is 24.5 Å². The number of nitrogens with zero attached hydrogens (tertiary/aromatic N) is 3. The van der Waals surface area contributed by atoms with Crippen molar-refractivity contribution >= 4 is 5.91 Å². The van der Waals surface area contributed by atoms with Gasteiger partial charge in [-0.3, -0.25) is 4.79 Å². The van der Waals surface area contributed by atoms with Crippen molar-refractivity contribution in [3.63, 3.8) is 0 Å². The van der Waals surface area contributed by atoms with E-state index in [9.17, 15) is 9.90 Å². The van der Waals surface area contributed by atoms with Crippen LogP contribution < -0.4 is 5.32 Å². The number of ether oxygens (including phenoxy) is 1. The van der Waals surface area contributed by atoms with Gasteiger partial charge in [0.25, 0.3) is 5.91 Å². The van der Waals surface area contributed by atoms with Crippen LogP contribution in [0.1, 0.15) is 52.3 Å². The van der Waals surface area contributed by atoms with Gasteiger partial charge in [0.2, 0.25) is 0 Å². The number of carbonyl (C=O) groups excluding carboxylic acids is 1. The van der Waals surface area contributed by atoms with E-state index < -0.39 is 0 Å². The lowest BCUT2D eigenvalue weighted by molar-refractivity contribution is 0.0904. The van der Waals surface area contributed by atoms with Crippen LogP contribution in [-0.4, -0.2) is 45.5 Å². The van der Waals surface area contributed by atoms with Crippen molar-refractivity contribution in [2.45, 2.75) is 51.8 Å². The van der Waals surface area contributed by atoms with Crippen molar-refractivity contribution in [2.75, 3.05) is 13.7 Å². The van der Waals surface area contributed by atoms with E-state index in [4.69, 9.17) is 9.15 Å². The van der Waals surface area contributed by atoms with Crippen molar-refractivity contribution in [2.24, 2.45) is 0 Å². The quantitative estimate of drug-likeness (QED) is 0.782. The Morgan fingerprint density at radius 1 is 1.44 bits per heavy atom. The fraction of sp³-hybridized carbons (Fsp3) is 0.588. The molecule has 0 aromatic carbocycles. The molecule has 25 heavy (non-hydrogen) atoms. The van der Waals surface area contributed by atoms with Crippen LogP contribution in [0.3, 0.4) is 0 Å². The normalized spacial score (nSPS) is 19.7. The summed E-state index contributed by atoms with van der Waals surface area (Å²) in [7, 11) is 1.64. The first-order chi connectivity index (χ1) is 12.0. The van der Waals surface area contributed by atoms with Gasteiger partial charge in [-0.25, -0.2) is 0 Å². The zero-order valence-corrected chi connectivity index (χ0v) is 14.8. The Hall–Kier alpha value is -2.19. The van der Waals surface area contributed by atoms with Gasteiger partial charge in [0.15, 0.2) is 5.82 Å². The molecule has 136 valence electrons. The predicted octanol–water partition coefficient (Wildman–Crippen LogP) is 1.30. The molecule has 2 heterocycles. The number of aliphatic hydroxyl groups excluding tert-OH is 1. The molecule has 0 radical (unpaired) electrons. The van der Waals surface area contributed by atoms with E-state index >= 15 is 0 Å². The summed E-state index contributed by atoms with van der Waals surface area (Å²) in [4.78, 5) is 12.3. The molecule has 1 amide bonds. The zero-order chi connectivity index (χ0) is 18.0. The molecule has 0 saturated heterocycles. The van der Waals surface area contributed by atoms with Crippen LogP contribution in [0.2, 0.25) is 0 Å². The number of carbonyl (C=O) groups is 1. The minimum Gasteiger partial charge on any atom is -0.466 e. The predicted molar refractivity (Wildman–Crippen MR) is 89.2 cm³/mol. The summed E-state index contributed by atoms with van der Waals surface area (Å²) in [6.07, 6.45) is 1.61. The topological polar surface area (TPSA) is 102 Å². The monoisotopic (exact) mass is 348 g/mol. The van der Waals surface area contributed by atoms with E-state index in [1.807, 2.05) is 11.5 Å². The maximum absolute atomic E-state index is 12.3. The molecular formula is C17H24N4O4. The van der Waals surface area contributed by atoms with Crippen LogP contribution in [0.4, 0.5) is 0 Å². The molecule has 8 nitrogen and oxygen atoms in total. The maximum atomic E-state index is 12.3.